The Balaban J connectivity index is 2.92. The van der Waals surface area contributed by atoms with Gasteiger partial charge in [0.1, 0.15) is 5.54 Å². The number of hydrogen-bond acceptors (Lipinski definition) is 5. The summed E-state index contributed by atoms with van der Waals surface area (Å²) >= 11 is 0. The molecular weight excluding hydrogens is 170 g/mol. The normalized spacial score (nSPS) is 18.2. The lowest BCUT2D eigenvalue weighted by atomic mass is 9.96. The van der Waals surface area contributed by atoms with Gasteiger partial charge in [0.25, 0.3) is 0 Å². The summed E-state index contributed by atoms with van der Waals surface area (Å²) < 4.78 is 9.98. The first kappa shape index (κ1) is 10.1. The molecule has 1 aromatic heterocycles. The summed E-state index contributed by atoms with van der Waals surface area (Å²) in [6.07, 6.45) is -0.163. The summed E-state index contributed by atoms with van der Waals surface area (Å²) in [4.78, 5) is 4.07. The number of nitrogens with two attached hydrogens (primary N) is 1. The fraction of sp³-hybridized carbons (Fsp3) is 0.750. The minimum Gasteiger partial charge on any atom is -0.379 e. The van der Waals surface area contributed by atoms with Crippen LogP contribution in [0.2, 0.25) is 0 Å². The molecule has 0 spiro atoms. The summed E-state index contributed by atoms with van der Waals surface area (Å²) in [7, 11) is 1.60. The van der Waals surface area contributed by atoms with Crippen LogP contribution < -0.4 is 5.73 Å². The Kier molecular flexibility index (Phi) is 2.68. The first-order chi connectivity index (χ1) is 5.98. The second-order valence-corrected chi connectivity index (χ2v) is 3.30. The third kappa shape index (κ3) is 1.87. The number of aromatic nitrogens is 2. The Bertz CT molecular complexity index is 283. The largest absolute Gasteiger partial charge is 0.379 e. The van der Waals surface area contributed by atoms with Crippen molar-refractivity contribution in [3.05, 3.63) is 11.7 Å². The maximum atomic E-state index is 6.00. The van der Waals surface area contributed by atoms with E-state index in [1.165, 1.54) is 0 Å². The lowest BCUT2D eigenvalue weighted by Crippen LogP contribution is -2.45. The zero-order chi connectivity index (χ0) is 10.1. The minimum atomic E-state index is -0.716. The summed E-state index contributed by atoms with van der Waals surface area (Å²) in [6.45, 7) is 5.40. The van der Waals surface area contributed by atoms with Crippen molar-refractivity contribution < 1.29 is 9.26 Å². The molecular formula is C8H15N3O2. The van der Waals surface area contributed by atoms with Crippen molar-refractivity contribution in [1.29, 1.82) is 0 Å². The van der Waals surface area contributed by atoms with E-state index in [0.717, 1.165) is 0 Å². The molecule has 0 aliphatic heterocycles. The van der Waals surface area contributed by atoms with Crippen LogP contribution in [-0.4, -0.2) is 23.4 Å². The van der Waals surface area contributed by atoms with E-state index in [9.17, 15) is 0 Å². The molecule has 0 amide bonds. The SMILES string of the molecule is COC(C)C(C)(N)c1noc(C)n1. The molecule has 1 heterocycles. The van der Waals surface area contributed by atoms with Gasteiger partial charge in [-0.2, -0.15) is 4.98 Å². The molecule has 0 bridgehead atoms. The number of nitrogens with zero attached hydrogens (tertiary/aromatic N) is 2. The molecule has 0 radical (unpaired) electrons. The molecule has 0 aliphatic carbocycles. The quantitative estimate of drug-likeness (QED) is 0.745. The highest BCUT2D eigenvalue weighted by molar-refractivity contribution is 5.04. The van der Waals surface area contributed by atoms with E-state index < -0.39 is 5.54 Å². The second kappa shape index (κ2) is 3.43. The monoisotopic (exact) mass is 185 g/mol. The molecule has 0 fully saturated rings. The van der Waals surface area contributed by atoms with Gasteiger partial charge in [-0.05, 0) is 13.8 Å². The van der Waals surface area contributed by atoms with Crippen LogP contribution in [0.3, 0.4) is 0 Å². The molecule has 2 unspecified atom stereocenters. The Morgan fingerprint density at radius 1 is 1.62 bits per heavy atom. The van der Waals surface area contributed by atoms with E-state index in [-0.39, 0.29) is 6.10 Å². The van der Waals surface area contributed by atoms with Gasteiger partial charge in [0, 0.05) is 14.0 Å². The second-order valence-electron chi connectivity index (χ2n) is 3.30. The third-order valence-corrected chi connectivity index (χ3v) is 2.21. The summed E-state index contributed by atoms with van der Waals surface area (Å²) in [5.41, 5.74) is 5.28. The van der Waals surface area contributed by atoms with E-state index >= 15 is 0 Å². The third-order valence-electron chi connectivity index (χ3n) is 2.21. The van der Waals surface area contributed by atoms with Gasteiger partial charge < -0.3 is 15.0 Å². The highest BCUT2D eigenvalue weighted by Gasteiger charge is 2.33. The fourth-order valence-electron chi connectivity index (χ4n) is 0.945. The van der Waals surface area contributed by atoms with Crippen LogP contribution in [0.25, 0.3) is 0 Å². The van der Waals surface area contributed by atoms with Crippen molar-refractivity contribution in [2.45, 2.75) is 32.4 Å². The van der Waals surface area contributed by atoms with Gasteiger partial charge >= 0.3 is 0 Å². The maximum Gasteiger partial charge on any atom is 0.223 e. The first-order valence-corrected chi connectivity index (χ1v) is 4.11. The molecule has 0 saturated heterocycles. The Hall–Kier alpha value is -0.940. The predicted octanol–water partition coefficient (Wildman–Crippen LogP) is 0.587. The number of methoxy groups -OCH3 is 1. The molecule has 13 heavy (non-hydrogen) atoms. The molecule has 1 rings (SSSR count). The Morgan fingerprint density at radius 2 is 2.23 bits per heavy atom. The van der Waals surface area contributed by atoms with Crippen molar-refractivity contribution in [3.63, 3.8) is 0 Å². The molecule has 2 atom stereocenters. The Labute approximate surface area is 77.3 Å². The van der Waals surface area contributed by atoms with Crippen molar-refractivity contribution in [2.24, 2.45) is 5.73 Å². The fourth-order valence-corrected chi connectivity index (χ4v) is 0.945. The summed E-state index contributed by atoms with van der Waals surface area (Å²) in [5.74, 6) is 0.981. The van der Waals surface area contributed by atoms with Crippen LogP contribution in [0.1, 0.15) is 25.6 Å². The summed E-state index contributed by atoms with van der Waals surface area (Å²) in [6, 6.07) is 0. The first-order valence-electron chi connectivity index (χ1n) is 4.11. The van der Waals surface area contributed by atoms with Gasteiger partial charge in [-0.3, -0.25) is 0 Å². The van der Waals surface area contributed by atoms with Gasteiger partial charge in [0.2, 0.25) is 5.89 Å². The summed E-state index contributed by atoms with van der Waals surface area (Å²) in [5, 5.41) is 3.77. The molecule has 74 valence electrons. The van der Waals surface area contributed by atoms with Gasteiger partial charge in [0.05, 0.1) is 6.10 Å². The van der Waals surface area contributed by atoms with E-state index in [1.54, 1.807) is 14.0 Å². The maximum absolute atomic E-state index is 6.00. The van der Waals surface area contributed by atoms with Crippen molar-refractivity contribution in [1.82, 2.24) is 10.1 Å². The number of hydrogen-bond donors (Lipinski definition) is 1. The van der Waals surface area contributed by atoms with Crippen LogP contribution in [0.5, 0.6) is 0 Å². The van der Waals surface area contributed by atoms with Crippen molar-refractivity contribution in [2.75, 3.05) is 7.11 Å². The molecule has 0 saturated carbocycles. The van der Waals surface area contributed by atoms with Crippen LogP contribution in [0.4, 0.5) is 0 Å². The smallest absolute Gasteiger partial charge is 0.223 e. The molecule has 2 N–H and O–H groups in total. The van der Waals surface area contributed by atoms with E-state index in [1.807, 2.05) is 13.8 Å². The van der Waals surface area contributed by atoms with Gasteiger partial charge in [-0.15, -0.1) is 0 Å². The minimum absolute atomic E-state index is 0.163. The predicted molar refractivity (Wildman–Crippen MR) is 47.0 cm³/mol. The average Bonchev–Trinajstić information content (AvgIpc) is 2.50. The van der Waals surface area contributed by atoms with E-state index in [0.29, 0.717) is 11.7 Å². The Morgan fingerprint density at radius 3 is 2.62 bits per heavy atom. The van der Waals surface area contributed by atoms with Crippen LogP contribution in [-0.2, 0) is 10.3 Å². The molecule has 0 aliphatic rings. The average molecular weight is 185 g/mol. The van der Waals surface area contributed by atoms with Crippen LogP contribution in [0, 0.1) is 6.92 Å². The zero-order valence-corrected chi connectivity index (χ0v) is 8.37. The zero-order valence-electron chi connectivity index (χ0n) is 8.37. The van der Waals surface area contributed by atoms with E-state index in [2.05, 4.69) is 10.1 Å². The molecule has 1 aromatic rings. The number of ether oxygens (including phenoxy) is 1. The molecule has 5 heteroatoms. The van der Waals surface area contributed by atoms with Gasteiger partial charge in [0.15, 0.2) is 5.82 Å². The highest BCUT2D eigenvalue weighted by atomic mass is 16.5. The standard InChI is InChI=1S/C8H15N3O2/c1-5(12-4)8(3,9)7-10-6(2)13-11-7/h5H,9H2,1-4H3. The van der Waals surface area contributed by atoms with Crippen molar-refractivity contribution in [3.8, 4) is 0 Å². The highest BCUT2D eigenvalue weighted by Crippen LogP contribution is 2.20. The number of aryl methyl sites for hydroxylation is 1. The van der Waals surface area contributed by atoms with Crippen LogP contribution in [0.15, 0.2) is 4.52 Å². The number of rotatable bonds is 3. The van der Waals surface area contributed by atoms with Gasteiger partial charge in [-0.25, -0.2) is 0 Å². The topological polar surface area (TPSA) is 74.2 Å². The molecule has 0 aromatic carbocycles. The van der Waals surface area contributed by atoms with Gasteiger partial charge in [-0.1, -0.05) is 5.16 Å². The lowest BCUT2D eigenvalue weighted by Gasteiger charge is -2.26. The molecule has 5 nitrogen and oxygen atoms in total. The van der Waals surface area contributed by atoms with Crippen LogP contribution >= 0.6 is 0 Å². The van der Waals surface area contributed by atoms with E-state index in [4.69, 9.17) is 15.0 Å². The lowest BCUT2D eigenvalue weighted by molar-refractivity contribution is 0.0505. The van der Waals surface area contributed by atoms with Crippen molar-refractivity contribution >= 4 is 0 Å².